The summed E-state index contributed by atoms with van der Waals surface area (Å²) in [6, 6.07) is 8.12. The number of nitrogens with zero attached hydrogens (tertiary/aromatic N) is 4. The SMILES string of the molecule is CC1C[C@@H](O)c2ncnc(N3CCN(C(=O)[C@H](CNC4CCNCC4)c4ccc(Cl)cc4)CC3)c21. The van der Waals surface area contributed by atoms with E-state index in [-0.39, 0.29) is 17.7 Å². The molecule has 1 unspecified atom stereocenters. The second-order valence-corrected chi connectivity index (χ2v) is 10.4. The number of rotatable bonds is 6. The van der Waals surface area contributed by atoms with Crippen LogP contribution in [-0.2, 0) is 4.79 Å². The number of hydrogen-bond donors (Lipinski definition) is 3. The highest BCUT2D eigenvalue weighted by Gasteiger charge is 2.35. The normalized spacial score (nSPS) is 23.9. The van der Waals surface area contributed by atoms with Gasteiger partial charge in [-0.15, -0.1) is 0 Å². The van der Waals surface area contributed by atoms with Crippen LogP contribution in [0.4, 0.5) is 5.82 Å². The highest BCUT2D eigenvalue weighted by atomic mass is 35.5. The van der Waals surface area contributed by atoms with Gasteiger partial charge in [0.2, 0.25) is 5.91 Å². The van der Waals surface area contributed by atoms with E-state index >= 15 is 0 Å². The van der Waals surface area contributed by atoms with Gasteiger partial charge in [0.1, 0.15) is 12.1 Å². The fourth-order valence-corrected chi connectivity index (χ4v) is 5.79. The zero-order chi connectivity index (χ0) is 24.4. The summed E-state index contributed by atoms with van der Waals surface area (Å²) in [4.78, 5) is 26.9. The summed E-state index contributed by atoms with van der Waals surface area (Å²) < 4.78 is 0. The fraction of sp³-hybridized carbons (Fsp3) is 0.577. The van der Waals surface area contributed by atoms with Crippen molar-refractivity contribution in [3.05, 3.63) is 52.4 Å². The summed E-state index contributed by atoms with van der Waals surface area (Å²) in [6.07, 6.45) is 3.88. The third kappa shape index (κ3) is 5.31. The first kappa shape index (κ1) is 24.4. The van der Waals surface area contributed by atoms with Crippen molar-refractivity contribution < 1.29 is 9.90 Å². The van der Waals surface area contributed by atoms with Crippen molar-refractivity contribution in [1.29, 1.82) is 0 Å². The zero-order valence-electron chi connectivity index (χ0n) is 20.3. The van der Waals surface area contributed by atoms with Crippen molar-refractivity contribution in [2.75, 3.05) is 50.7 Å². The Kier molecular flexibility index (Phi) is 7.53. The molecule has 2 aliphatic heterocycles. The molecule has 0 bridgehead atoms. The first-order chi connectivity index (χ1) is 17.0. The average molecular weight is 499 g/mol. The van der Waals surface area contributed by atoms with E-state index < -0.39 is 6.10 Å². The molecule has 3 N–H and O–H groups in total. The highest BCUT2D eigenvalue weighted by Crippen LogP contribution is 2.42. The Morgan fingerprint density at radius 2 is 1.89 bits per heavy atom. The molecule has 1 aromatic carbocycles. The van der Waals surface area contributed by atoms with E-state index in [1.54, 1.807) is 6.33 Å². The second kappa shape index (κ2) is 10.8. The molecular formula is C26H35ClN6O2. The average Bonchev–Trinajstić information content (AvgIpc) is 3.19. The lowest BCUT2D eigenvalue weighted by atomic mass is 9.95. The zero-order valence-corrected chi connectivity index (χ0v) is 21.0. The van der Waals surface area contributed by atoms with Gasteiger partial charge in [-0.2, -0.15) is 0 Å². The number of piperidine rings is 1. The van der Waals surface area contributed by atoms with Crippen LogP contribution in [0.1, 0.15) is 60.9 Å². The molecule has 9 heteroatoms. The number of benzene rings is 1. The van der Waals surface area contributed by atoms with Crippen LogP contribution in [0.2, 0.25) is 5.02 Å². The van der Waals surface area contributed by atoms with Crippen molar-refractivity contribution in [3.63, 3.8) is 0 Å². The van der Waals surface area contributed by atoms with Crippen molar-refractivity contribution in [1.82, 2.24) is 25.5 Å². The molecule has 35 heavy (non-hydrogen) atoms. The maximum atomic E-state index is 13.7. The Balaban J connectivity index is 1.27. The molecule has 0 saturated carbocycles. The third-order valence-electron chi connectivity index (χ3n) is 7.69. The number of halogens is 1. The Labute approximate surface area is 212 Å². The summed E-state index contributed by atoms with van der Waals surface area (Å²) in [5.41, 5.74) is 2.82. The van der Waals surface area contributed by atoms with Crippen LogP contribution in [0.15, 0.2) is 30.6 Å². The molecule has 188 valence electrons. The molecule has 5 rings (SSSR count). The quantitative estimate of drug-likeness (QED) is 0.563. The van der Waals surface area contributed by atoms with Crippen LogP contribution in [0, 0.1) is 0 Å². The minimum Gasteiger partial charge on any atom is -0.387 e. The standard InChI is InChI=1S/C26H35ClN6O2/c1-17-14-22(34)24-23(17)25(31-16-30-24)32-10-12-33(13-11-32)26(35)21(18-2-4-19(27)5-3-18)15-29-20-6-8-28-9-7-20/h2-5,16-17,20-22,28-29,34H,6-15H2,1H3/t17?,21-,22-/m1/s1. The Morgan fingerprint density at radius 1 is 1.17 bits per heavy atom. The van der Waals surface area contributed by atoms with Gasteiger partial charge in [-0.3, -0.25) is 4.79 Å². The molecule has 0 spiro atoms. The minimum absolute atomic E-state index is 0.158. The van der Waals surface area contributed by atoms with Crippen LogP contribution in [0.25, 0.3) is 0 Å². The van der Waals surface area contributed by atoms with Gasteiger partial charge in [-0.05, 0) is 56.0 Å². The Bertz CT molecular complexity index is 1020. The van der Waals surface area contributed by atoms with Crippen molar-refractivity contribution in [2.24, 2.45) is 0 Å². The first-order valence-corrected chi connectivity index (χ1v) is 13.1. The van der Waals surface area contributed by atoms with Crippen LogP contribution >= 0.6 is 11.6 Å². The van der Waals surface area contributed by atoms with E-state index in [0.29, 0.717) is 50.2 Å². The summed E-state index contributed by atoms with van der Waals surface area (Å²) in [5, 5.41) is 18.1. The van der Waals surface area contributed by atoms with Crippen LogP contribution in [0.5, 0.6) is 0 Å². The van der Waals surface area contributed by atoms with Gasteiger partial charge in [-0.25, -0.2) is 9.97 Å². The number of carbonyl (C=O) groups excluding carboxylic acids is 1. The van der Waals surface area contributed by atoms with E-state index in [9.17, 15) is 9.90 Å². The molecule has 2 aromatic rings. The number of hydrogen-bond acceptors (Lipinski definition) is 7. The number of aliphatic hydroxyl groups excluding tert-OH is 1. The highest BCUT2D eigenvalue weighted by molar-refractivity contribution is 6.30. The number of nitrogens with one attached hydrogen (secondary N) is 2. The van der Waals surface area contributed by atoms with Gasteiger partial charge < -0.3 is 25.5 Å². The lowest BCUT2D eigenvalue weighted by Crippen LogP contribution is -2.52. The summed E-state index contributed by atoms with van der Waals surface area (Å²) in [7, 11) is 0. The van der Waals surface area contributed by atoms with Gasteiger partial charge >= 0.3 is 0 Å². The number of amides is 1. The molecule has 2 fully saturated rings. The van der Waals surface area contributed by atoms with E-state index in [0.717, 1.165) is 48.6 Å². The number of anilines is 1. The third-order valence-corrected chi connectivity index (χ3v) is 7.94. The molecule has 8 nitrogen and oxygen atoms in total. The van der Waals surface area contributed by atoms with Crippen molar-refractivity contribution in [3.8, 4) is 0 Å². The predicted octanol–water partition coefficient (Wildman–Crippen LogP) is 2.44. The van der Waals surface area contributed by atoms with E-state index in [2.05, 4.69) is 32.4 Å². The van der Waals surface area contributed by atoms with Gasteiger partial charge in [-0.1, -0.05) is 30.7 Å². The van der Waals surface area contributed by atoms with Crippen molar-refractivity contribution in [2.45, 2.75) is 50.2 Å². The topological polar surface area (TPSA) is 93.6 Å². The fourth-order valence-electron chi connectivity index (χ4n) is 5.67. The lowest BCUT2D eigenvalue weighted by Gasteiger charge is -2.38. The van der Waals surface area contributed by atoms with Gasteiger partial charge in [0.25, 0.3) is 0 Å². The molecule has 3 heterocycles. The largest absolute Gasteiger partial charge is 0.387 e. The predicted molar refractivity (Wildman–Crippen MR) is 137 cm³/mol. The number of fused-ring (bicyclic) bond motifs is 1. The molecular weight excluding hydrogens is 464 g/mol. The van der Waals surface area contributed by atoms with Crippen LogP contribution < -0.4 is 15.5 Å². The van der Waals surface area contributed by atoms with E-state index in [1.807, 2.05) is 29.2 Å². The molecule has 1 aliphatic carbocycles. The number of piperazine rings is 1. The Morgan fingerprint density at radius 3 is 2.60 bits per heavy atom. The van der Waals surface area contributed by atoms with Crippen molar-refractivity contribution >= 4 is 23.3 Å². The summed E-state index contributed by atoms with van der Waals surface area (Å²) in [5.74, 6) is 1.05. The van der Waals surface area contributed by atoms with Gasteiger partial charge in [0, 0.05) is 49.4 Å². The molecule has 2 saturated heterocycles. The van der Waals surface area contributed by atoms with Crippen LogP contribution in [0.3, 0.4) is 0 Å². The van der Waals surface area contributed by atoms with Gasteiger partial charge in [0.05, 0.1) is 17.7 Å². The van der Waals surface area contributed by atoms with Crippen LogP contribution in [-0.4, -0.2) is 77.7 Å². The lowest BCUT2D eigenvalue weighted by molar-refractivity contribution is -0.133. The Hall–Kier alpha value is -2.26. The number of carbonyl (C=O) groups is 1. The van der Waals surface area contributed by atoms with E-state index in [1.165, 1.54) is 0 Å². The maximum absolute atomic E-state index is 13.7. The summed E-state index contributed by atoms with van der Waals surface area (Å²) >= 11 is 6.13. The molecule has 1 aromatic heterocycles. The molecule has 3 atom stereocenters. The minimum atomic E-state index is -0.516. The molecule has 1 amide bonds. The van der Waals surface area contributed by atoms with Gasteiger partial charge in [0.15, 0.2) is 0 Å². The smallest absolute Gasteiger partial charge is 0.231 e. The first-order valence-electron chi connectivity index (χ1n) is 12.8. The number of aromatic nitrogens is 2. The maximum Gasteiger partial charge on any atom is 0.231 e. The molecule has 0 radical (unpaired) electrons. The number of aliphatic hydroxyl groups is 1. The second-order valence-electron chi connectivity index (χ2n) is 10.00. The summed E-state index contributed by atoms with van der Waals surface area (Å²) in [6.45, 7) is 7.50. The monoisotopic (exact) mass is 498 g/mol. The van der Waals surface area contributed by atoms with E-state index in [4.69, 9.17) is 11.6 Å². The molecule has 3 aliphatic rings.